The van der Waals surface area contributed by atoms with Crippen LogP contribution in [0.2, 0.25) is 0 Å². The Labute approximate surface area is 106 Å². The zero-order chi connectivity index (χ0) is 13.0. The molecule has 1 aliphatic heterocycles. The Hall–Kier alpha value is -0.570. The standard InChI is InChI=1S/C14H28N2O/c1-10(2)5-13(7-15)6-14(17)16-8-11(3)12(4)9-16/h10-13H,5-9,15H2,1-4H3/t11?,12?,13-/m0/s1. The van der Waals surface area contributed by atoms with Crippen molar-refractivity contribution in [1.82, 2.24) is 4.90 Å². The molecular weight excluding hydrogens is 212 g/mol. The van der Waals surface area contributed by atoms with Crippen LogP contribution in [-0.4, -0.2) is 30.4 Å². The van der Waals surface area contributed by atoms with Crippen LogP contribution in [0, 0.1) is 23.7 Å². The van der Waals surface area contributed by atoms with E-state index in [1.54, 1.807) is 0 Å². The molecule has 0 bridgehead atoms. The fourth-order valence-corrected chi connectivity index (χ4v) is 2.64. The largest absolute Gasteiger partial charge is 0.342 e. The minimum Gasteiger partial charge on any atom is -0.342 e. The maximum atomic E-state index is 12.2. The van der Waals surface area contributed by atoms with E-state index in [9.17, 15) is 4.79 Å². The van der Waals surface area contributed by atoms with Gasteiger partial charge in [-0.2, -0.15) is 0 Å². The van der Waals surface area contributed by atoms with Gasteiger partial charge in [-0.1, -0.05) is 27.7 Å². The molecule has 3 heteroatoms. The summed E-state index contributed by atoms with van der Waals surface area (Å²) in [6.45, 7) is 11.3. The summed E-state index contributed by atoms with van der Waals surface area (Å²) in [6.07, 6.45) is 1.69. The topological polar surface area (TPSA) is 46.3 Å². The number of likely N-dealkylation sites (tertiary alicyclic amines) is 1. The molecule has 100 valence electrons. The Bertz CT molecular complexity index is 243. The number of amides is 1. The smallest absolute Gasteiger partial charge is 0.222 e. The van der Waals surface area contributed by atoms with Crippen LogP contribution >= 0.6 is 0 Å². The van der Waals surface area contributed by atoms with Crippen molar-refractivity contribution in [3.63, 3.8) is 0 Å². The first-order chi connectivity index (χ1) is 7.93. The third kappa shape index (κ3) is 4.30. The molecule has 3 nitrogen and oxygen atoms in total. The molecule has 1 amide bonds. The molecular formula is C14H28N2O. The molecule has 2 N–H and O–H groups in total. The quantitative estimate of drug-likeness (QED) is 0.800. The van der Waals surface area contributed by atoms with E-state index >= 15 is 0 Å². The summed E-state index contributed by atoms with van der Waals surface area (Å²) in [4.78, 5) is 14.2. The Morgan fingerprint density at radius 3 is 2.24 bits per heavy atom. The SMILES string of the molecule is CC(C)C[C@H](CN)CC(=O)N1CC(C)C(C)C1. The first-order valence-corrected chi connectivity index (χ1v) is 6.91. The lowest BCUT2D eigenvalue weighted by Gasteiger charge is -2.21. The molecule has 0 spiro atoms. The number of rotatable bonds is 5. The lowest BCUT2D eigenvalue weighted by Crippen LogP contribution is -2.32. The molecule has 17 heavy (non-hydrogen) atoms. The molecule has 1 saturated heterocycles. The molecule has 0 saturated carbocycles. The number of carbonyl (C=O) groups is 1. The molecule has 1 heterocycles. The first-order valence-electron chi connectivity index (χ1n) is 6.91. The highest BCUT2D eigenvalue weighted by atomic mass is 16.2. The van der Waals surface area contributed by atoms with Gasteiger partial charge in [-0.15, -0.1) is 0 Å². The third-order valence-electron chi connectivity index (χ3n) is 3.94. The Morgan fingerprint density at radius 1 is 1.29 bits per heavy atom. The van der Waals surface area contributed by atoms with Crippen molar-refractivity contribution >= 4 is 5.91 Å². The zero-order valence-electron chi connectivity index (χ0n) is 11.8. The van der Waals surface area contributed by atoms with E-state index in [1.807, 2.05) is 4.90 Å². The molecule has 0 aromatic rings. The monoisotopic (exact) mass is 240 g/mol. The fourth-order valence-electron chi connectivity index (χ4n) is 2.64. The number of hydrogen-bond donors (Lipinski definition) is 1. The van der Waals surface area contributed by atoms with E-state index in [0.29, 0.717) is 42.5 Å². The van der Waals surface area contributed by atoms with Gasteiger partial charge < -0.3 is 10.6 Å². The van der Waals surface area contributed by atoms with E-state index < -0.39 is 0 Å². The number of hydrogen-bond acceptors (Lipinski definition) is 2. The summed E-state index contributed by atoms with van der Waals surface area (Å²) < 4.78 is 0. The van der Waals surface area contributed by atoms with Crippen LogP contribution in [0.5, 0.6) is 0 Å². The summed E-state index contributed by atoms with van der Waals surface area (Å²) in [5.41, 5.74) is 5.75. The highest BCUT2D eigenvalue weighted by Gasteiger charge is 2.30. The minimum atomic E-state index is 0.303. The van der Waals surface area contributed by atoms with E-state index in [-0.39, 0.29) is 0 Å². The summed E-state index contributed by atoms with van der Waals surface area (Å²) >= 11 is 0. The van der Waals surface area contributed by atoms with Gasteiger partial charge in [-0.3, -0.25) is 4.79 Å². The summed E-state index contributed by atoms with van der Waals surface area (Å²) in [5.74, 6) is 2.56. The molecule has 1 fully saturated rings. The van der Waals surface area contributed by atoms with Crippen LogP contribution in [0.4, 0.5) is 0 Å². The van der Waals surface area contributed by atoms with E-state index in [1.165, 1.54) is 0 Å². The molecule has 0 aliphatic carbocycles. The summed E-state index contributed by atoms with van der Waals surface area (Å²) in [7, 11) is 0. The molecule has 1 rings (SSSR count). The van der Waals surface area contributed by atoms with E-state index in [2.05, 4.69) is 27.7 Å². The van der Waals surface area contributed by atoms with Gasteiger partial charge in [0.1, 0.15) is 0 Å². The predicted octanol–water partition coefficient (Wildman–Crippen LogP) is 2.11. The fraction of sp³-hybridized carbons (Fsp3) is 0.929. The van der Waals surface area contributed by atoms with Gasteiger partial charge in [0.15, 0.2) is 0 Å². The highest BCUT2D eigenvalue weighted by Crippen LogP contribution is 2.24. The number of nitrogens with two attached hydrogens (primary N) is 1. The van der Waals surface area contributed by atoms with Gasteiger partial charge in [0.2, 0.25) is 5.91 Å². The molecule has 3 atom stereocenters. The van der Waals surface area contributed by atoms with Crippen molar-refractivity contribution in [1.29, 1.82) is 0 Å². The van der Waals surface area contributed by atoms with Gasteiger partial charge in [0.25, 0.3) is 0 Å². The van der Waals surface area contributed by atoms with Crippen molar-refractivity contribution in [3.8, 4) is 0 Å². The maximum absolute atomic E-state index is 12.2. The van der Waals surface area contributed by atoms with E-state index in [4.69, 9.17) is 5.73 Å². The van der Waals surface area contributed by atoms with Crippen molar-refractivity contribution in [2.45, 2.75) is 40.5 Å². The summed E-state index contributed by atoms with van der Waals surface area (Å²) in [5, 5.41) is 0. The number of carbonyl (C=O) groups excluding carboxylic acids is 1. The number of nitrogens with zero attached hydrogens (tertiary/aromatic N) is 1. The van der Waals surface area contributed by atoms with Crippen molar-refractivity contribution in [2.24, 2.45) is 29.4 Å². The average molecular weight is 240 g/mol. The normalized spacial score (nSPS) is 26.6. The average Bonchev–Trinajstić information content (AvgIpc) is 2.57. The molecule has 2 unspecified atom stereocenters. The van der Waals surface area contributed by atoms with Crippen molar-refractivity contribution in [2.75, 3.05) is 19.6 Å². The van der Waals surface area contributed by atoms with Gasteiger partial charge in [0, 0.05) is 19.5 Å². The van der Waals surface area contributed by atoms with Crippen LogP contribution in [0.3, 0.4) is 0 Å². The van der Waals surface area contributed by atoms with Crippen molar-refractivity contribution in [3.05, 3.63) is 0 Å². The Morgan fingerprint density at radius 2 is 1.82 bits per heavy atom. The summed E-state index contributed by atoms with van der Waals surface area (Å²) in [6, 6.07) is 0. The predicted molar refractivity (Wildman–Crippen MR) is 71.5 cm³/mol. The maximum Gasteiger partial charge on any atom is 0.222 e. The third-order valence-corrected chi connectivity index (χ3v) is 3.94. The van der Waals surface area contributed by atoms with E-state index in [0.717, 1.165) is 19.5 Å². The van der Waals surface area contributed by atoms with Gasteiger partial charge in [-0.05, 0) is 36.6 Å². The second-order valence-electron chi connectivity index (χ2n) is 6.19. The van der Waals surface area contributed by atoms with Crippen LogP contribution < -0.4 is 5.73 Å². The molecule has 0 radical (unpaired) electrons. The van der Waals surface area contributed by atoms with Gasteiger partial charge in [-0.25, -0.2) is 0 Å². The second kappa shape index (κ2) is 6.39. The second-order valence-corrected chi connectivity index (χ2v) is 6.19. The zero-order valence-corrected chi connectivity index (χ0v) is 11.8. The first kappa shape index (κ1) is 14.5. The lowest BCUT2D eigenvalue weighted by molar-refractivity contribution is -0.131. The van der Waals surface area contributed by atoms with Gasteiger partial charge >= 0.3 is 0 Å². The molecule has 0 aromatic carbocycles. The molecule has 1 aliphatic rings. The molecule has 0 aromatic heterocycles. The minimum absolute atomic E-state index is 0.303. The highest BCUT2D eigenvalue weighted by molar-refractivity contribution is 5.76. The van der Waals surface area contributed by atoms with Crippen molar-refractivity contribution < 1.29 is 4.79 Å². The lowest BCUT2D eigenvalue weighted by atomic mass is 9.94. The van der Waals surface area contributed by atoms with Gasteiger partial charge in [0.05, 0.1) is 0 Å². The van der Waals surface area contributed by atoms with Crippen LogP contribution in [-0.2, 0) is 4.79 Å². The van der Waals surface area contributed by atoms with Crippen LogP contribution in [0.25, 0.3) is 0 Å². The van der Waals surface area contributed by atoms with Crippen LogP contribution in [0.1, 0.15) is 40.5 Å². The Balaban J connectivity index is 2.42. The Kier molecular flexibility index (Phi) is 5.44. The van der Waals surface area contributed by atoms with Crippen LogP contribution in [0.15, 0.2) is 0 Å².